The Morgan fingerprint density at radius 3 is 2.45 bits per heavy atom. The van der Waals surface area contributed by atoms with Crippen molar-refractivity contribution in [3.63, 3.8) is 0 Å². The SMILES string of the molecule is C\C=C/C(C)=C\C=C\B(O)O. The Balaban J connectivity index is 3.91. The Bertz CT molecular complexity index is 181. The lowest BCUT2D eigenvalue weighted by Crippen LogP contribution is -2.05. The van der Waals surface area contributed by atoms with Crippen molar-refractivity contribution in [2.45, 2.75) is 13.8 Å². The molecule has 0 heterocycles. The summed E-state index contributed by atoms with van der Waals surface area (Å²) >= 11 is 0. The van der Waals surface area contributed by atoms with Crippen LogP contribution >= 0.6 is 0 Å². The van der Waals surface area contributed by atoms with Gasteiger partial charge in [-0.2, -0.15) is 0 Å². The Hall–Kier alpha value is -0.795. The molecule has 0 aliphatic rings. The lowest BCUT2D eigenvalue weighted by atomic mass is 9.92. The molecule has 0 aromatic rings. The Kier molecular flexibility index (Phi) is 5.52. The highest BCUT2D eigenvalue weighted by Crippen LogP contribution is 1.94. The standard InChI is InChI=1S/C8H13BO2/c1-3-5-8(2)6-4-7-9(10)11/h3-7,10-11H,1-2H3/b5-3-,7-4+,8-6-. The van der Waals surface area contributed by atoms with E-state index in [4.69, 9.17) is 10.0 Å². The van der Waals surface area contributed by atoms with E-state index in [-0.39, 0.29) is 0 Å². The molecule has 0 radical (unpaired) electrons. The highest BCUT2D eigenvalue weighted by atomic mass is 16.4. The molecule has 0 atom stereocenters. The molecule has 0 spiro atoms. The lowest BCUT2D eigenvalue weighted by molar-refractivity contribution is 0.424. The van der Waals surface area contributed by atoms with Crippen molar-refractivity contribution in [3.8, 4) is 0 Å². The minimum atomic E-state index is -1.36. The monoisotopic (exact) mass is 152 g/mol. The van der Waals surface area contributed by atoms with Crippen LogP contribution in [0.1, 0.15) is 13.8 Å². The van der Waals surface area contributed by atoms with Crippen molar-refractivity contribution in [2.75, 3.05) is 0 Å². The summed E-state index contributed by atoms with van der Waals surface area (Å²) in [6.45, 7) is 3.87. The van der Waals surface area contributed by atoms with Crippen LogP contribution in [0.25, 0.3) is 0 Å². The quantitative estimate of drug-likeness (QED) is 0.469. The molecule has 0 fully saturated rings. The zero-order chi connectivity index (χ0) is 8.69. The third-order valence-electron chi connectivity index (χ3n) is 1.07. The molecule has 0 unspecified atom stereocenters. The van der Waals surface area contributed by atoms with E-state index in [9.17, 15) is 0 Å². The second-order valence-electron chi connectivity index (χ2n) is 2.21. The normalized spacial score (nSPS) is 13.3. The molecule has 60 valence electrons. The van der Waals surface area contributed by atoms with Crippen molar-refractivity contribution in [3.05, 3.63) is 35.9 Å². The van der Waals surface area contributed by atoms with E-state index in [1.54, 1.807) is 12.2 Å². The van der Waals surface area contributed by atoms with Crippen molar-refractivity contribution in [1.29, 1.82) is 0 Å². The van der Waals surface area contributed by atoms with Crippen molar-refractivity contribution in [2.24, 2.45) is 0 Å². The highest BCUT2D eigenvalue weighted by Gasteiger charge is 1.95. The maximum absolute atomic E-state index is 8.42. The minimum absolute atomic E-state index is 1.07. The van der Waals surface area contributed by atoms with Gasteiger partial charge in [0.1, 0.15) is 0 Å². The number of hydrogen-bond acceptors (Lipinski definition) is 2. The minimum Gasteiger partial charge on any atom is -0.424 e. The summed E-state index contributed by atoms with van der Waals surface area (Å²) in [4.78, 5) is 0. The second-order valence-corrected chi connectivity index (χ2v) is 2.21. The molecular weight excluding hydrogens is 139 g/mol. The molecule has 0 amide bonds. The smallest absolute Gasteiger partial charge is 0.424 e. The molecule has 0 bridgehead atoms. The van der Waals surface area contributed by atoms with Crippen LogP contribution < -0.4 is 0 Å². The largest absolute Gasteiger partial charge is 0.480 e. The molecule has 0 saturated heterocycles. The van der Waals surface area contributed by atoms with E-state index < -0.39 is 7.12 Å². The maximum Gasteiger partial charge on any atom is 0.480 e. The molecule has 3 heteroatoms. The van der Waals surface area contributed by atoms with Crippen molar-refractivity contribution in [1.82, 2.24) is 0 Å². The van der Waals surface area contributed by atoms with Crippen LogP contribution in [0, 0.1) is 0 Å². The Morgan fingerprint density at radius 2 is 2.00 bits per heavy atom. The van der Waals surface area contributed by atoms with Gasteiger partial charge in [0, 0.05) is 0 Å². The van der Waals surface area contributed by atoms with Gasteiger partial charge in [-0.05, 0) is 13.8 Å². The molecule has 0 aliphatic carbocycles. The van der Waals surface area contributed by atoms with Crippen LogP contribution in [-0.4, -0.2) is 17.2 Å². The fourth-order valence-electron chi connectivity index (χ4n) is 0.625. The fraction of sp³-hybridized carbons (Fsp3) is 0.250. The van der Waals surface area contributed by atoms with Gasteiger partial charge in [0.25, 0.3) is 0 Å². The second kappa shape index (κ2) is 5.95. The predicted octanol–water partition coefficient (Wildman–Crippen LogP) is 1.08. The molecule has 0 aliphatic heterocycles. The molecular formula is C8H13BO2. The number of rotatable bonds is 3. The van der Waals surface area contributed by atoms with Crippen LogP contribution in [0.15, 0.2) is 35.9 Å². The molecule has 0 rings (SSSR count). The molecule has 0 aromatic heterocycles. The van der Waals surface area contributed by atoms with Gasteiger partial charge in [-0.1, -0.05) is 35.9 Å². The van der Waals surface area contributed by atoms with Crippen LogP contribution in [0.2, 0.25) is 0 Å². The van der Waals surface area contributed by atoms with E-state index in [1.807, 2.05) is 26.0 Å². The maximum atomic E-state index is 8.42. The van der Waals surface area contributed by atoms with Gasteiger partial charge >= 0.3 is 7.12 Å². The Labute approximate surface area is 67.7 Å². The summed E-state index contributed by atoms with van der Waals surface area (Å²) in [5, 5.41) is 16.8. The molecule has 2 nitrogen and oxygen atoms in total. The van der Waals surface area contributed by atoms with Gasteiger partial charge in [0.05, 0.1) is 0 Å². The van der Waals surface area contributed by atoms with Crippen LogP contribution in [0.5, 0.6) is 0 Å². The molecule has 0 aromatic carbocycles. The average Bonchev–Trinajstić information content (AvgIpc) is 1.87. The number of hydrogen-bond donors (Lipinski definition) is 2. The number of allylic oxidation sites excluding steroid dienone is 5. The van der Waals surface area contributed by atoms with E-state index in [0.29, 0.717) is 0 Å². The summed E-state index contributed by atoms with van der Waals surface area (Å²) in [7, 11) is -1.36. The summed E-state index contributed by atoms with van der Waals surface area (Å²) in [6.07, 6.45) is 7.28. The van der Waals surface area contributed by atoms with Gasteiger partial charge in [0.2, 0.25) is 0 Å². The first-order valence-electron chi connectivity index (χ1n) is 3.50. The average molecular weight is 152 g/mol. The first kappa shape index (κ1) is 10.2. The molecule has 0 saturated carbocycles. The van der Waals surface area contributed by atoms with E-state index in [0.717, 1.165) is 5.57 Å². The van der Waals surface area contributed by atoms with Gasteiger partial charge in [0.15, 0.2) is 0 Å². The summed E-state index contributed by atoms with van der Waals surface area (Å²) < 4.78 is 0. The highest BCUT2D eigenvalue weighted by molar-refractivity contribution is 6.47. The summed E-state index contributed by atoms with van der Waals surface area (Å²) in [5.74, 6) is 1.30. The fourth-order valence-corrected chi connectivity index (χ4v) is 0.625. The lowest BCUT2D eigenvalue weighted by Gasteiger charge is -1.86. The zero-order valence-electron chi connectivity index (χ0n) is 6.86. The first-order valence-corrected chi connectivity index (χ1v) is 3.50. The van der Waals surface area contributed by atoms with Crippen molar-refractivity contribution < 1.29 is 10.0 Å². The zero-order valence-corrected chi connectivity index (χ0v) is 6.86. The van der Waals surface area contributed by atoms with E-state index in [1.165, 1.54) is 5.98 Å². The molecule has 2 N–H and O–H groups in total. The van der Waals surface area contributed by atoms with Gasteiger partial charge < -0.3 is 10.0 Å². The third-order valence-corrected chi connectivity index (χ3v) is 1.07. The predicted molar refractivity (Wildman–Crippen MR) is 47.9 cm³/mol. The Morgan fingerprint density at radius 1 is 1.36 bits per heavy atom. The van der Waals surface area contributed by atoms with Gasteiger partial charge in [-0.25, -0.2) is 0 Å². The van der Waals surface area contributed by atoms with E-state index >= 15 is 0 Å². The van der Waals surface area contributed by atoms with Crippen LogP contribution in [0.3, 0.4) is 0 Å². The third kappa shape index (κ3) is 7.10. The van der Waals surface area contributed by atoms with Gasteiger partial charge in [-0.3, -0.25) is 0 Å². The van der Waals surface area contributed by atoms with E-state index in [2.05, 4.69) is 0 Å². The van der Waals surface area contributed by atoms with Crippen molar-refractivity contribution >= 4 is 7.12 Å². The van der Waals surface area contributed by atoms with Crippen LogP contribution in [0.4, 0.5) is 0 Å². The summed E-state index contributed by atoms with van der Waals surface area (Å²) in [5.41, 5.74) is 1.07. The van der Waals surface area contributed by atoms with Gasteiger partial charge in [-0.15, -0.1) is 0 Å². The topological polar surface area (TPSA) is 40.5 Å². The first-order chi connectivity index (χ1) is 5.16. The summed E-state index contributed by atoms with van der Waals surface area (Å²) in [6, 6.07) is 0. The van der Waals surface area contributed by atoms with Crippen LogP contribution in [-0.2, 0) is 0 Å². The molecule has 11 heavy (non-hydrogen) atoms.